The van der Waals surface area contributed by atoms with Crippen molar-refractivity contribution in [3.05, 3.63) is 59.2 Å². The maximum atomic E-state index is 12.1. The second-order valence-electron chi connectivity index (χ2n) is 7.36. The molecule has 2 heterocycles. The predicted octanol–water partition coefficient (Wildman–Crippen LogP) is 4.08. The number of rotatable bonds is 7. The Balaban J connectivity index is 1.26. The number of aryl methyl sites for hydroxylation is 2. The van der Waals surface area contributed by atoms with Gasteiger partial charge in [-0.05, 0) is 62.9 Å². The zero-order valence-electron chi connectivity index (χ0n) is 16.0. The number of H-pyrrole nitrogens is 1. The number of aromatic amines is 1. The molecule has 4 rings (SSSR count). The van der Waals surface area contributed by atoms with Crippen LogP contribution >= 0.6 is 0 Å². The zero-order valence-corrected chi connectivity index (χ0v) is 16.0. The van der Waals surface area contributed by atoms with Crippen LogP contribution in [0.4, 0.5) is 0 Å². The van der Waals surface area contributed by atoms with Crippen molar-refractivity contribution in [3.63, 3.8) is 0 Å². The highest BCUT2D eigenvalue weighted by molar-refractivity contribution is 5.91. The minimum Gasteiger partial charge on any atom is -0.353 e. The second-order valence-corrected chi connectivity index (χ2v) is 7.36. The number of nitrogens with zero attached hydrogens (tertiary/aromatic N) is 2. The number of nitrogens with one attached hydrogen (secondary N) is 2. The van der Waals surface area contributed by atoms with Crippen LogP contribution in [0.2, 0.25) is 0 Å². The molecule has 1 aromatic carbocycles. The quantitative estimate of drug-likeness (QED) is 0.491. The van der Waals surface area contributed by atoms with E-state index in [2.05, 4.69) is 39.8 Å². The molecule has 0 unspecified atom stereocenters. The summed E-state index contributed by atoms with van der Waals surface area (Å²) in [5, 5.41) is 2.96. The summed E-state index contributed by atoms with van der Waals surface area (Å²) in [7, 11) is 0. The summed E-state index contributed by atoms with van der Waals surface area (Å²) >= 11 is 0. The number of aromatic nitrogens is 3. The van der Waals surface area contributed by atoms with Gasteiger partial charge < -0.3 is 14.9 Å². The number of benzene rings is 1. The summed E-state index contributed by atoms with van der Waals surface area (Å²) in [6.07, 6.45) is 7.78. The smallest absolute Gasteiger partial charge is 0.244 e. The molecule has 2 N–H and O–H groups in total. The first-order chi connectivity index (χ1) is 13.1. The predicted molar refractivity (Wildman–Crippen MR) is 109 cm³/mol. The molecular formula is C22H26N4O. The molecule has 0 atom stereocenters. The lowest BCUT2D eigenvalue weighted by Crippen LogP contribution is -2.22. The van der Waals surface area contributed by atoms with Gasteiger partial charge in [0.1, 0.15) is 5.82 Å². The number of fused-ring (bicyclic) bond motifs is 1. The van der Waals surface area contributed by atoms with Crippen molar-refractivity contribution in [1.29, 1.82) is 0 Å². The van der Waals surface area contributed by atoms with Gasteiger partial charge in [0.05, 0.1) is 11.0 Å². The van der Waals surface area contributed by atoms with Gasteiger partial charge in [-0.2, -0.15) is 0 Å². The van der Waals surface area contributed by atoms with Crippen LogP contribution in [0.1, 0.15) is 48.1 Å². The molecule has 140 valence electrons. The van der Waals surface area contributed by atoms with Crippen molar-refractivity contribution >= 4 is 23.0 Å². The molecule has 5 heteroatoms. The van der Waals surface area contributed by atoms with Gasteiger partial charge in [0, 0.05) is 36.5 Å². The van der Waals surface area contributed by atoms with E-state index in [9.17, 15) is 4.79 Å². The average molecular weight is 362 g/mol. The number of amides is 1. The molecule has 3 aromatic rings. The van der Waals surface area contributed by atoms with Gasteiger partial charge in [-0.1, -0.05) is 12.1 Å². The first kappa shape index (κ1) is 17.6. The normalized spacial score (nSPS) is 14.3. The number of hydrogen-bond donors (Lipinski definition) is 2. The fourth-order valence-electron chi connectivity index (χ4n) is 3.68. The molecule has 2 aromatic heterocycles. The van der Waals surface area contributed by atoms with Gasteiger partial charge in [0.15, 0.2) is 0 Å². The summed E-state index contributed by atoms with van der Waals surface area (Å²) in [4.78, 5) is 20.0. The van der Waals surface area contributed by atoms with Crippen LogP contribution in [0.25, 0.3) is 17.1 Å². The van der Waals surface area contributed by atoms with E-state index in [1.54, 1.807) is 6.08 Å². The lowest BCUT2D eigenvalue weighted by atomic mass is 10.2. The fourth-order valence-corrected chi connectivity index (χ4v) is 3.68. The summed E-state index contributed by atoms with van der Waals surface area (Å²) in [6.45, 7) is 4.92. The van der Waals surface area contributed by atoms with E-state index in [1.807, 2.05) is 30.3 Å². The van der Waals surface area contributed by atoms with Gasteiger partial charge in [0.25, 0.3) is 0 Å². The zero-order chi connectivity index (χ0) is 18.8. The molecule has 0 spiro atoms. The van der Waals surface area contributed by atoms with Crippen LogP contribution in [0.15, 0.2) is 36.4 Å². The number of carbonyl (C=O) groups is 1. The number of hydrogen-bond acceptors (Lipinski definition) is 2. The minimum atomic E-state index is -0.0455. The van der Waals surface area contributed by atoms with E-state index >= 15 is 0 Å². The van der Waals surface area contributed by atoms with Crippen LogP contribution in [0.5, 0.6) is 0 Å². The Bertz CT molecular complexity index is 958. The van der Waals surface area contributed by atoms with Gasteiger partial charge in [-0.3, -0.25) is 4.79 Å². The standard InChI is InChI=1S/C22H26N4O/c1-15-14-17(16(2)26(15)18-10-11-18)9-12-22(27)23-13-5-8-21-24-19-6-3-4-7-20(19)25-21/h3-4,6-7,9,12,14,18H,5,8,10-11,13H2,1-2H3,(H,23,27)(H,24,25)/b12-9+. The number of carbonyl (C=O) groups excluding carboxylic acids is 1. The number of imidazole rings is 1. The van der Waals surface area contributed by atoms with E-state index in [-0.39, 0.29) is 5.91 Å². The van der Waals surface area contributed by atoms with E-state index < -0.39 is 0 Å². The Hall–Kier alpha value is -2.82. The third-order valence-electron chi connectivity index (χ3n) is 5.18. The molecule has 27 heavy (non-hydrogen) atoms. The molecule has 0 bridgehead atoms. The highest BCUT2D eigenvalue weighted by Crippen LogP contribution is 2.38. The molecule has 0 radical (unpaired) electrons. The van der Waals surface area contributed by atoms with Crippen molar-refractivity contribution in [2.75, 3.05) is 6.54 Å². The molecule has 5 nitrogen and oxygen atoms in total. The first-order valence-corrected chi connectivity index (χ1v) is 9.70. The maximum absolute atomic E-state index is 12.1. The second kappa shape index (κ2) is 7.43. The summed E-state index contributed by atoms with van der Waals surface area (Å²) < 4.78 is 2.39. The lowest BCUT2D eigenvalue weighted by Gasteiger charge is -2.06. The molecule has 1 amide bonds. The van der Waals surface area contributed by atoms with Crippen molar-refractivity contribution in [3.8, 4) is 0 Å². The van der Waals surface area contributed by atoms with Crippen molar-refractivity contribution in [1.82, 2.24) is 19.9 Å². The van der Waals surface area contributed by atoms with Crippen molar-refractivity contribution < 1.29 is 4.79 Å². The topological polar surface area (TPSA) is 62.7 Å². The third-order valence-corrected chi connectivity index (χ3v) is 5.18. The first-order valence-electron chi connectivity index (χ1n) is 9.70. The highest BCUT2D eigenvalue weighted by atomic mass is 16.1. The molecule has 0 saturated heterocycles. The highest BCUT2D eigenvalue weighted by Gasteiger charge is 2.26. The van der Waals surface area contributed by atoms with Gasteiger partial charge in [0.2, 0.25) is 5.91 Å². The van der Waals surface area contributed by atoms with Crippen LogP contribution in [-0.2, 0) is 11.2 Å². The molecule has 0 aliphatic heterocycles. The molecular weight excluding hydrogens is 336 g/mol. The SMILES string of the molecule is Cc1cc(/C=C/C(=O)NCCCc2nc3ccccc3[nH]2)c(C)n1C1CC1. The van der Waals surface area contributed by atoms with Crippen LogP contribution in [-0.4, -0.2) is 27.0 Å². The van der Waals surface area contributed by atoms with E-state index in [4.69, 9.17) is 0 Å². The monoisotopic (exact) mass is 362 g/mol. The summed E-state index contributed by atoms with van der Waals surface area (Å²) in [5.74, 6) is 0.921. The van der Waals surface area contributed by atoms with E-state index in [0.29, 0.717) is 12.6 Å². The van der Waals surface area contributed by atoms with Crippen LogP contribution in [0.3, 0.4) is 0 Å². The number of para-hydroxylation sites is 2. The molecule has 1 saturated carbocycles. The fraction of sp³-hybridized carbons (Fsp3) is 0.364. The molecule has 1 aliphatic rings. The van der Waals surface area contributed by atoms with E-state index in [0.717, 1.165) is 35.3 Å². The third kappa shape index (κ3) is 3.97. The molecule has 1 aliphatic carbocycles. The van der Waals surface area contributed by atoms with Gasteiger partial charge in [-0.25, -0.2) is 4.98 Å². The summed E-state index contributed by atoms with van der Waals surface area (Å²) in [6, 6.07) is 10.8. The van der Waals surface area contributed by atoms with E-state index in [1.165, 1.54) is 24.2 Å². The van der Waals surface area contributed by atoms with Gasteiger partial charge >= 0.3 is 0 Å². The Morgan fingerprint density at radius 1 is 1.33 bits per heavy atom. The lowest BCUT2D eigenvalue weighted by molar-refractivity contribution is -0.116. The van der Waals surface area contributed by atoms with Crippen molar-refractivity contribution in [2.45, 2.75) is 45.6 Å². The Kier molecular flexibility index (Phi) is 4.84. The summed E-state index contributed by atoms with van der Waals surface area (Å²) in [5.41, 5.74) is 5.72. The average Bonchev–Trinajstić information content (AvgIpc) is 3.32. The van der Waals surface area contributed by atoms with Crippen molar-refractivity contribution in [2.24, 2.45) is 0 Å². The largest absolute Gasteiger partial charge is 0.353 e. The maximum Gasteiger partial charge on any atom is 0.244 e. The van der Waals surface area contributed by atoms with Crippen LogP contribution < -0.4 is 5.32 Å². The molecule has 1 fully saturated rings. The van der Waals surface area contributed by atoms with Crippen LogP contribution in [0, 0.1) is 13.8 Å². The minimum absolute atomic E-state index is 0.0455. The Labute approximate surface area is 159 Å². The Morgan fingerprint density at radius 2 is 2.15 bits per heavy atom. The van der Waals surface area contributed by atoms with Gasteiger partial charge in [-0.15, -0.1) is 0 Å². The Morgan fingerprint density at radius 3 is 2.93 bits per heavy atom.